The molecule has 0 unspecified atom stereocenters. The summed E-state index contributed by atoms with van der Waals surface area (Å²) in [4.78, 5) is 19.3. The van der Waals surface area contributed by atoms with Gasteiger partial charge in [0.05, 0.1) is 18.8 Å². The molecule has 0 bridgehead atoms. The Morgan fingerprint density at radius 3 is 2.62 bits per heavy atom. The van der Waals surface area contributed by atoms with Crippen molar-refractivity contribution < 1.29 is 9.84 Å². The molecule has 1 aliphatic heterocycles. The number of benzene rings is 2. The number of hydrogen-bond acceptors (Lipinski definition) is 5. The highest BCUT2D eigenvalue weighted by Gasteiger charge is 2.34. The monoisotopic (exact) mass is 448 g/mol. The van der Waals surface area contributed by atoms with Crippen LogP contribution in [0.3, 0.4) is 0 Å². The molecule has 5 rings (SSSR count). The Balaban J connectivity index is 1.73. The fourth-order valence-corrected chi connectivity index (χ4v) is 4.86. The summed E-state index contributed by atoms with van der Waals surface area (Å²) in [6.07, 6.45) is 1.74. The maximum Gasteiger partial charge on any atom is 0.260 e. The number of fused-ring (bicyclic) bond motifs is 3. The van der Waals surface area contributed by atoms with Crippen LogP contribution < -0.4 is 15.6 Å². The number of aromatic nitrogens is 3. The highest BCUT2D eigenvalue weighted by atomic mass is 32.1. The molecule has 164 valence electrons. The Morgan fingerprint density at radius 1 is 1.16 bits per heavy atom. The van der Waals surface area contributed by atoms with Crippen LogP contribution >= 0.6 is 12.2 Å². The maximum atomic E-state index is 13.1. The van der Waals surface area contributed by atoms with Gasteiger partial charge < -0.3 is 20.1 Å². The number of nitrogens with one attached hydrogen (secondary N) is 3. The van der Waals surface area contributed by atoms with Crippen molar-refractivity contribution in [2.75, 3.05) is 7.11 Å². The molecule has 7 nitrogen and oxygen atoms in total. The molecule has 1 aliphatic rings. The molecule has 0 radical (unpaired) electrons. The first-order valence-electron chi connectivity index (χ1n) is 10.6. The van der Waals surface area contributed by atoms with E-state index in [4.69, 9.17) is 17.0 Å². The second-order valence-electron chi connectivity index (χ2n) is 8.00. The largest absolute Gasteiger partial charge is 0.497 e. The molecule has 32 heavy (non-hydrogen) atoms. The zero-order chi connectivity index (χ0) is 22.4. The second kappa shape index (κ2) is 7.96. The molecule has 0 fully saturated rings. The topological polar surface area (TPSA) is 95.1 Å². The fraction of sp³-hybridized carbons (Fsp3) is 0.250. The average molecular weight is 449 g/mol. The summed E-state index contributed by atoms with van der Waals surface area (Å²) < 4.78 is 6.83. The van der Waals surface area contributed by atoms with Crippen LogP contribution in [-0.4, -0.2) is 32.8 Å². The van der Waals surface area contributed by atoms with Crippen molar-refractivity contribution in [2.45, 2.75) is 31.8 Å². The summed E-state index contributed by atoms with van der Waals surface area (Å²) in [5.41, 5.74) is 3.55. The van der Waals surface area contributed by atoms with E-state index >= 15 is 0 Å². The molecule has 2 aromatic carbocycles. The lowest BCUT2D eigenvalue weighted by Crippen LogP contribution is -2.41. The van der Waals surface area contributed by atoms with Crippen molar-refractivity contribution in [3.63, 3.8) is 0 Å². The zero-order valence-corrected chi connectivity index (χ0v) is 18.6. The minimum Gasteiger partial charge on any atom is -0.497 e. The quantitative estimate of drug-likeness (QED) is 0.353. The van der Waals surface area contributed by atoms with Crippen LogP contribution in [0.15, 0.2) is 53.3 Å². The number of rotatable bonds is 4. The van der Waals surface area contributed by atoms with Gasteiger partial charge in [0.15, 0.2) is 4.77 Å². The number of methoxy groups -OCH3 is 1. The van der Waals surface area contributed by atoms with Gasteiger partial charge in [-0.3, -0.25) is 14.3 Å². The molecule has 3 heterocycles. The predicted molar refractivity (Wildman–Crippen MR) is 127 cm³/mol. The lowest BCUT2D eigenvalue weighted by atomic mass is 9.90. The molecule has 2 aromatic heterocycles. The van der Waals surface area contributed by atoms with Gasteiger partial charge in [-0.2, -0.15) is 0 Å². The molecular weight excluding hydrogens is 424 g/mol. The van der Waals surface area contributed by atoms with Gasteiger partial charge in [-0.05, 0) is 61.0 Å². The van der Waals surface area contributed by atoms with Crippen molar-refractivity contribution >= 4 is 23.1 Å². The van der Waals surface area contributed by atoms with Crippen molar-refractivity contribution in [2.24, 2.45) is 0 Å². The third-order valence-corrected chi connectivity index (χ3v) is 6.51. The molecule has 0 amide bonds. The molecular formula is C24H24N4O3S. The highest BCUT2D eigenvalue weighted by molar-refractivity contribution is 7.71. The average Bonchev–Trinajstić information content (AvgIpc) is 3.18. The first-order chi connectivity index (χ1) is 15.5. The van der Waals surface area contributed by atoms with Crippen molar-refractivity contribution in [3.05, 3.63) is 80.5 Å². The lowest BCUT2D eigenvalue weighted by Gasteiger charge is -2.31. The smallest absolute Gasteiger partial charge is 0.260 e. The fourth-order valence-electron chi connectivity index (χ4n) is 4.57. The molecule has 8 heteroatoms. The molecule has 0 spiro atoms. The number of hydrogen-bond donors (Lipinski definition) is 4. The number of ether oxygens (including phenoxy) is 1. The number of H-pyrrole nitrogens is 2. The molecule has 0 saturated heterocycles. The Kier molecular flexibility index (Phi) is 5.11. The van der Waals surface area contributed by atoms with E-state index in [1.807, 2.05) is 18.2 Å². The summed E-state index contributed by atoms with van der Waals surface area (Å²) >= 11 is 5.40. The standard InChI is InChI=1S/C24H24N4O3S/c1-3-13-12-17-16-6-4-5-7-18(16)26-20(17)21(25-13)19-22(29)27-24(32)28(23(19)30)14-8-10-15(31-2)11-9-14/h4-11,13,21,25-26,30H,3,12H2,1-2H3,(H,27,29,32)/t13-,21+/m1/s1. The molecule has 4 N–H and O–H groups in total. The summed E-state index contributed by atoms with van der Waals surface area (Å²) in [6, 6.07) is 14.9. The van der Waals surface area contributed by atoms with Crippen LogP contribution in [0.2, 0.25) is 0 Å². The van der Waals surface area contributed by atoms with Crippen LogP contribution in [0.5, 0.6) is 11.6 Å². The number of para-hydroxylation sites is 1. The molecule has 0 saturated carbocycles. The van der Waals surface area contributed by atoms with Crippen LogP contribution in [-0.2, 0) is 6.42 Å². The van der Waals surface area contributed by atoms with Gasteiger partial charge in [-0.25, -0.2) is 0 Å². The van der Waals surface area contributed by atoms with Crippen molar-refractivity contribution in [3.8, 4) is 17.3 Å². The van der Waals surface area contributed by atoms with E-state index in [1.54, 1.807) is 31.4 Å². The van der Waals surface area contributed by atoms with Crippen molar-refractivity contribution in [1.29, 1.82) is 0 Å². The Labute approximate surface area is 189 Å². The van der Waals surface area contributed by atoms with E-state index in [1.165, 1.54) is 10.1 Å². The molecule has 0 aliphatic carbocycles. The molecule has 4 aromatic rings. The predicted octanol–water partition coefficient (Wildman–Crippen LogP) is 4.10. The second-order valence-corrected chi connectivity index (χ2v) is 8.39. The highest BCUT2D eigenvalue weighted by Crippen LogP contribution is 2.37. The van der Waals surface area contributed by atoms with Gasteiger partial charge in [0.2, 0.25) is 5.88 Å². The Bertz CT molecular complexity index is 1420. The van der Waals surface area contributed by atoms with E-state index < -0.39 is 11.6 Å². The van der Waals surface area contributed by atoms with E-state index in [0.29, 0.717) is 11.4 Å². The van der Waals surface area contributed by atoms with E-state index in [-0.39, 0.29) is 22.3 Å². The normalized spacial score (nSPS) is 17.9. The lowest BCUT2D eigenvalue weighted by molar-refractivity contribution is 0.385. The first-order valence-corrected chi connectivity index (χ1v) is 11.0. The Morgan fingerprint density at radius 2 is 1.91 bits per heavy atom. The van der Waals surface area contributed by atoms with E-state index in [0.717, 1.165) is 29.4 Å². The maximum absolute atomic E-state index is 13.1. The number of nitrogens with zero attached hydrogens (tertiary/aromatic N) is 1. The number of aromatic amines is 2. The number of aromatic hydroxyl groups is 1. The summed E-state index contributed by atoms with van der Waals surface area (Å²) in [6.45, 7) is 2.11. The van der Waals surface area contributed by atoms with Crippen LogP contribution in [0.4, 0.5) is 0 Å². The first kappa shape index (κ1) is 20.5. The zero-order valence-electron chi connectivity index (χ0n) is 17.8. The van der Waals surface area contributed by atoms with Gasteiger partial charge in [0, 0.05) is 22.6 Å². The van der Waals surface area contributed by atoms with Crippen LogP contribution in [0, 0.1) is 4.77 Å². The third kappa shape index (κ3) is 3.23. The third-order valence-electron chi connectivity index (χ3n) is 6.22. The van der Waals surface area contributed by atoms with Gasteiger partial charge in [-0.15, -0.1) is 0 Å². The van der Waals surface area contributed by atoms with E-state index in [9.17, 15) is 9.90 Å². The minimum atomic E-state index is -0.500. The summed E-state index contributed by atoms with van der Waals surface area (Å²) in [5, 5.41) is 16.0. The van der Waals surface area contributed by atoms with Gasteiger partial charge in [-0.1, -0.05) is 25.1 Å². The van der Waals surface area contributed by atoms with Gasteiger partial charge in [0.25, 0.3) is 5.56 Å². The Hall–Kier alpha value is -3.36. The SMILES string of the molecule is CC[C@@H]1Cc2c([nH]c3ccccc23)[C@H](c2c(O)n(-c3ccc(OC)cc3)c(=S)[nH]c2=O)N1. The van der Waals surface area contributed by atoms with Crippen LogP contribution in [0.25, 0.3) is 16.6 Å². The molecule has 2 atom stereocenters. The summed E-state index contributed by atoms with van der Waals surface area (Å²) in [7, 11) is 1.59. The van der Waals surface area contributed by atoms with Crippen molar-refractivity contribution in [1.82, 2.24) is 19.9 Å². The van der Waals surface area contributed by atoms with Crippen LogP contribution in [0.1, 0.15) is 36.2 Å². The van der Waals surface area contributed by atoms with E-state index in [2.05, 4.69) is 28.3 Å². The minimum absolute atomic E-state index is 0.126. The van der Waals surface area contributed by atoms with Gasteiger partial charge >= 0.3 is 0 Å². The summed E-state index contributed by atoms with van der Waals surface area (Å²) in [5.74, 6) is 0.509. The van der Waals surface area contributed by atoms with Gasteiger partial charge in [0.1, 0.15) is 11.3 Å².